The molecule has 1 aromatic carbocycles. The molecule has 1 N–H and O–H groups in total. The van der Waals surface area contributed by atoms with E-state index in [1.165, 1.54) is 0 Å². The molecule has 2 rings (SSSR count). The first-order valence-corrected chi connectivity index (χ1v) is 7.89. The van der Waals surface area contributed by atoms with Crippen LogP contribution < -0.4 is 5.32 Å². The van der Waals surface area contributed by atoms with Crippen molar-refractivity contribution in [1.29, 1.82) is 0 Å². The van der Waals surface area contributed by atoms with Gasteiger partial charge in [-0.05, 0) is 25.5 Å². The number of hydrogen-bond donors (Lipinski definition) is 1. The smallest absolute Gasteiger partial charge is 0.256 e. The number of benzene rings is 1. The summed E-state index contributed by atoms with van der Waals surface area (Å²) in [4.78, 5) is 14.7. The molecule has 0 bridgehead atoms. The highest BCUT2D eigenvalue weighted by molar-refractivity contribution is 8.00. The van der Waals surface area contributed by atoms with Crippen molar-refractivity contribution in [2.45, 2.75) is 25.5 Å². The zero-order valence-electron chi connectivity index (χ0n) is 11.9. The summed E-state index contributed by atoms with van der Waals surface area (Å²) in [5.74, 6) is 1.21. The maximum Gasteiger partial charge on any atom is 0.256 e. The van der Waals surface area contributed by atoms with E-state index in [1.54, 1.807) is 0 Å². The summed E-state index contributed by atoms with van der Waals surface area (Å²) in [5.41, 5.74) is 2.84. The highest BCUT2D eigenvalue weighted by Gasteiger charge is 2.25. The molecule has 3 nitrogen and oxygen atoms in total. The number of nitrogens with zero attached hydrogens (tertiary/aromatic N) is 1. The number of aryl methyl sites for hydroxylation is 1. The zero-order chi connectivity index (χ0) is 13.8. The standard InChI is InChI=1S/C15H22N2OS/c1-4-12-10-17(7-8-19-12)15(18)13-9-11(2)5-6-14(13)16-3/h5-6,9,12,16H,4,7-8,10H2,1-3H3. The average molecular weight is 278 g/mol. The lowest BCUT2D eigenvalue weighted by atomic mass is 10.1. The molecule has 104 valence electrons. The Morgan fingerprint density at radius 1 is 1.53 bits per heavy atom. The molecule has 0 aliphatic carbocycles. The van der Waals surface area contributed by atoms with E-state index >= 15 is 0 Å². The fraction of sp³-hybridized carbons (Fsp3) is 0.533. The zero-order valence-corrected chi connectivity index (χ0v) is 12.7. The van der Waals surface area contributed by atoms with Crippen LogP contribution in [0, 0.1) is 6.92 Å². The van der Waals surface area contributed by atoms with Crippen LogP contribution in [0.1, 0.15) is 29.3 Å². The molecule has 1 saturated heterocycles. The minimum atomic E-state index is 0.159. The van der Waals surface area contributed by atoms with Crippen molar-refractivity contribution < 1.29 is 4.79 Å². The highest BCUT2D eigenvalue weighted by Crippen LogP contribution is 2.25. The summed E-state index contributed by atoms with van der Waals surface area (Å²) >= 11 is 1.98. The molecule has 1 heterocycles. The van der Waals surface area contributed by atoms with Gasteiger partial charge in [-0.3, -0.25) is 4.79 Å². The molecule has 1 aliphatic rings. The second-order valence-corrected chi connectivity index (χ2v) is 6.36. The summed E-state index contributed by atoms with van der Waals surface area (Å²) in [5, 5.41) is 3.70. The number of carbonyl (C=O) groups is 1. The lowest BCUT2D eigenvalue weighted by Crippen LogP contribution is -2.42. The molecule has 0 spiro atoms. The minimum absolute atomic E-state index is 0.159. The summed E-state index contributed by atoms with van der Waals surface area (Å²) in [6, 6.07) is 6.00. The number of rotatable bonds is 3. The van der Waals surface area contributed by atoms with Crippen LogP contribution in [0.4, 0.5) is 5.69 Å². The van der Waals surface area contributed by atoms with E-state index in [-0.39, 0.29) is 5.91 Å². The van der Waals surface area contributed by atoms with Gasteiger partial charge >= 0.3 is 0 Å². The maximum absolute atomic E-state index is 12.7. The molecular formula is C15H22N2OS. The van der Waals surface area contributed by atoms with Crippen LogP contribution in [0.3, 0.4) is 0 Å². The first-order valence-electron chi connectivity index (χ1n) is 6.85. The number of anilines is 1. The number of hydrogen-bond acceptors (Lipinski definition) is 3. The largest absolute Gasteiger partial charge is 0.387 e. The normalized spacial score (nSPS) is 19.3. The van der Waals surface area contributed by atoms with E-state index in [0.717, 1.165) is 42.1 Å². The van der Waals surface area contributed by atoms with Gasteiger partial charge in [0.25, 0.3) is 5.91 Å². The average Bonchev–Trinajstić information content (AvgIpc) is 2.46. The fourth-order valence-corrected chi connectivity index (χ4v) is 3.55. The summed E-state index contributed by atoms with van der Waals surface area (Å²) in [6.45, 7) is 5.95. The van der Waals surface area contributed by atoms with Crippen molar-refractivity contribution in [1.82, 2.24) is 4.90 Å². The van der Waals surface area contributed by atoms with E-state index in [9.17, 15) is 4.79 Å². The van der Waals surface area contributed by atoms with E-state index in [2.05, 4.69) is 12.2 Å². The lowest BCUT2D eigenvalue weighted by molar-refractivity contribution is 0.0762. The number of thioether (sulfide) groups is 1. The molecule has 1 atom stereocenters. The van der Waals surface area contributed by atoms with Crippen molar-refractivity contribution in [3.8, 4) is 0 Å². The third kappa shape index (κ3) is 3.24. The van der Waals surface area contributed by atoms with Gasteiger partial charge in [-0.1, -0.05) is 18.6 Å². The molecule has 1 amide bonds. The number of nitrogens with one attached hydrogen (secondary N) is 1. The van der Waals surface area contributed by atoms with Crippen LogP contribution in [0.5, 0.6) is 0 Å². The molecule has 0 aromatic heterocycles. The Morgan fingerprint density at radius 3 is 3.00 bits per heavy atom. The monoisotopic (exact) mass is 278 g/mol. The van der Waals surface area contributed by atoms with E-state index in [0.29, 0.717) is 5.25 Å². The SMILES string of the molecule is CCC1CN(C(=O)c2cc(C)ccc2NC)CCS1. The molecule has 1 aromatic rings. The van der Waals surface area contributed by atoms with E-state index in [4.69, 9.17) is 0 Å². The van der Waals surface area contributed by atoms with Crippen LogP contribution in [0.15, 0.2) is 18.2 Å². The van der Waals surface area contributed by atoms with Gasteiger partial charge in [-0.15, -0.1) is 0 Å². The Bertz CT molecular complexity index is 461. The Labute approximate surface area is 119 Å². The fourth-order valence-electron chi connectivity index (χ4n) is 2.37. The Balaban J connectivity index is 2.21. The molecule has 1 aliphatic heterocycles. The van der Waals surface area contributed by atoms with Crippen molar-refractivity contribution >= 4 is 23.4 Å². The molecular weight excluding hydrogens is 256 g/mol. The van der Waals surface area contributed by atoms with E-state index in [1.807, 2.05) is 48.8 Å². The van der Waals surface area contributed by atoms with Crippen LogP contribution >= 0.6 is 11.8 Å². The summed E-state index contributed by atoms with van der Waals surface area (Å²) in [6.07, 6.45) is 1.13. The van der Waals surface area contributed by atoms with Gasteiger partial charge in [0, 0.05) is 36.8 Å². The molecule has 1 unspecified atom stereocenters. The molecule has 19 heavy (non-hydrogen) atoms. The second-order valence-electron chi connectivity index (χ2n) is 4.95. The first-order chi connectivity index (χ1) is 9.15. The van der Waals surface area contributed by atoms with Gasteiger partial charge in [0.15, 0.2) is 0 Å². The Hall–Kier alpha value is -1.16. The highest BCUT2D eigenvalue weighted by atomic mass is 32.2. The molecule has 1 fully saturated rings. The predicted octanol–water partition coefficient (Wildman–Crippen LogP) is 3.00. The third-order valence-corrected chi connectivity index (χ3v) is 4.93. The minimum Gasteiger partial charge on any atom is -0.387 e. The van der Waals surface area contributed by atoms with Gasteiger partial charge in [-0.25, -0.2) is 0 Å². The van der Waals surface area contributed by atoms with Crippen LogP contribution in [-0.2, 0) is 0 Å². The topological polar surface area (TPSA) is 32.3 Å². The van der Waals surface area contributed by atoms with Crippen molar-refractivity contribution in [3.63, 3.8) is 0 Å². The molecule has 4 heteroatoms. The van der Waals surface area contributed by atoms with Gasteiger partial charge in [0.05, 0.1) is 5.56 Å². The van der Waals surface area contributed by atoms with Gasteiger partial charge < -0.3 is 10.2 Å². The van der Waals surface area contributed by atoms with Gasteiger partial charge in [0.1, 0.15) is 0 Å². The van der Waals surface area contributed by atoms with Crippen LogP contribution in [0.25, 0.3) is 0 Å². The Kier molecular flexibility index (Phi) is 4.75. The maximum atomic E-state index is 12.7. The van der Waals surface area contributed by atoms with Crippen LogP contribution in [0.2, 0.25) is 0 Å². The summed E-state index contributed by atoms with van der Waals surface area (Å²) < 4.78 is 0. The first kappa shape index (κ1) is 14.3. The van der Waals surface area contributed by atoms with Crippen molar-refractivity contribution in [3.05, 3.63) is 29.3 Å². The molecule has 0 saturated carbocycles. The quantitative estimate of drug-likeness (QED) is 0.922. The lowest BCUT2D eigenvalue weighted by Gasteiger charge is -2.32. The van der Waals surface area contributed by atoms with E-state index < -0.39 is 0 Å². The van der Waals surface area contributed by atoms with Crippen molar-refractivity contribution in [2.24, 2.45) is 0 Å². The summed E-state index contributed by atoms with van der Waals surface area (Å²) in [7, 11) is 1.86. The second kappa shape index (κ2) is 6.33. The molecule has 0 radical (unpaired) electrons. The third-order valence-electron chi connectivity index (χ3n) is 3.56. The van der Waals surface area contributed by atoms with Gasteiger partial charge in [0.2, 0.25) is 0 Å². The Morgan fingerprint density at radius 2 is 2.32 bits per heavy atom. The number of carbonyl (C=O) groups excluding carboxylic acids is 1. The van der Waals surface area contributed by atoms with Gasteiger partial charge in [-0.2, -0.15) is 11.8 Å². The predicted molar refractivity (Wildman–Crippen MR) is 83.2 cm³/mol. The number of amides is 1. The van der Waals surface area contributed by atoms with Crippen LogP contribution in [-0.4, -0.2) is 41.9 Å². The van der Waals surface area contributed by atoms with Crippen molar-refractivity contribution in [2.75, 3.05) is 31.2 Å².